The number of rotatable bonds is 0. The van der Waals surface area contributed by atoms with Crippen molar-refractivity contribution in [2.45, 2.75) is 12.1 Å². The number of benzene rings is 2. The standard InChI is InChI=1S/C15H14N2O/c1-16-13-10-7-3-5-9-6-4-8-11(12(9)10)14(13)17(2)15(16)18/h3-8,13-14H,1-2H3. The molecule has 18 heavy (non-hydrogen) atoms. The molecule has 1 heterocycles. The lowest BCUT2D eigenvalue weighted by Gasteiger charge is -2.18. The molecule has 2 atom stereocenters. The van der Waals surface area contributed by atoms with E-state index in [1.165, 1.54) is 21.9 Å². The topological polar surface area (TPSA) is 23.6 Å². The molecule has 0 bridgehead atoms. The average molecular weight is 238 g/mol. The molecule has 2 unspecified atom stereocenters. The van der Waals surface area contributed by atoms with Crippen molar-refractivity contribution >= 4 is 16.8 Å². The van der Waals surface area contributed by atoms with E-state index in [1.807, 2.05) is 23.9 Å². The lowest BCUT2D eigenvalue weighted by Crippen LogP contribution is -2.27. The summed E-state index contributed by atoms with van der Waals surface area (Å²) in [6.45, 7) is 0. The molecule has 2 amide bonds. The van der Waals surface area contributed by atoms with Gasteiger partial charge in [0, 0.05) is 14.1 Å². The first kappa shape index (κ1) is 9.95. The van der Waals surface area contributed by atoms with Gasteiger partial charge >= 0.3 is 6.03 Å². The molecule has 0 spiro atoms. The smallest absolute Gasteiger partial charge is 0.318 e. The summed E-state index contributed by atoms with van der Waals surface area (Å²) in [5.41, 5.74) is 2.57. The Hall–Kier alpha value is -2.03. The van der Waals surface area contributed by atoms with E-state index in [-0.39, 0.29) is 18.1 Å². The molecular formula is C15H14N2O. The van der Waals surface area contributed by atoms with Crippen molar-refractivity contribution in [2.75, 3.05) is 14.1 Å². The summed E-state index contributed by atoms with van der Waals surface area (Å²) in [5.74, 6) is 0. The Kier molecular flexibility index (Phi) is 1.68. The van der Waals surface area contributed by atoms with Crippen LogP contribution in [0.3, 0.4) is 0 Å². The largest absolute Gasteiger partial charge is 0.320 e. The van der Waals surface area contributed by atoms with Crippen LogP contribution in [0.25, 0.3) is 10.8 Å². The summed E-state index contributed by atoms with van der Waals surface area (Å²) < 4.78 is 0. The average Bonchev–Trinajstić information content (AvgIpc) is 2.83. The Labute approximate surface area is 106 Å². The van der Waals surface area contributed by atoms with Crippen LogP contribution in [0.4, 0.5) is 4.79 Å². The Morgan fingerprint density at radius 3 is 1.89 bits per heavy atom. The second-order valence-electron chi connectivity index (χ2n) is 5.19. The minimum Gasteiger partial charge on any atom is -0.318 e. The zero-order valence-electron chi connectivity index (χ0n) is 10.4. The SMILES string of the molecule is CN1C(=O)N(C)C2c3cccc4cccc(c34)C21. The second-order valence-corrected chi connectivity index (χ2v) is 5.19. The maximum atomic E-state index is 12.1. The number of urea groups is 1. The highest BCUT2D eigenvalue weighted by Crippen LogP contribution is 2.52. The highest BCUT2D eigenvalue weighted by Gasteiger charge is 2.48. The number of carbonyl (C=O) groups is 1. The van der Waals surface area contributed by atoms with Crippen LogP contribution in [0.2, 0.25) is 0 Å². The van der Waals surface area contributed by atoms with E-state index in [2.05, 4.69) is 36.4 Å². The van der Waals surface area contributed by atoms with Crippen LogP contribution in [0.1, 0.15) is 23.2 Å². The molecule has 2 aromatic rings. The zero-order valence-corrected chi connectivity index (χ0v) is 10.4. The van der Waals surface area contributed by atoms with Gasteiger partial charge < -0.3 is 9.80 Å². The molecule has 0 radical (unpaired) electrons. The van der Waals surface area contributed by atoms with Gasteiger partial charge in [-0.2, -0.15) is 0 Å². The highest BCUT2D eigenvalue weighted by molar-refractivity contribution is 5.94. The number of amides is 2. The van der Waals surface area contributed by atoms with Crippen LogP contribution >= 0.6 is 0 Å². The molecule has 0 saturated carbocycles. The van der Waals surface area contributed by atoms with Gasteiger partial charge in [-0.1, -0.05) is 36.4 Å². The molecule has 2 aromatic carbocycles. The van der Waals surface area contributed by atoms with Crippen molar-refractivity contribution in [1.82, 2.24) is 9.80 Å². The summed E-state index contributed by atoms with van der Waals surface area (Å²) in [5, 5.41) is 2.61. The number of nitrogens with zero attached hydrogens (tertiary/aromatic N) is 2. The van der Waals surface area contributed by atoms with E-state index in [0.29, 0.717) is 0 Å². The van der Waals surface area contributed by atoms with Gasteiger partial charge in [0.2, 0.25) is 0 Å². The van der Waals surface area contributed by atoms with Gasteiger partial charge in [0.05, 0.1) is 12.1 Å². The molecule has 2 aliphatic rings. The molecule has 1 saturated heterocycles. The van der Waals surface area contributed by atoms with Crippen molar-refractivity contribution in [3.8, 4) is 0 Å². The number of hydrogen-bond donors (Lipinski definition) is 0. The first-order chi connectivity index (χ1) is 8.70. The fourth-order valence-corrected chi connectivity index (χ4v) is 3.56. The normalized spacial score (nSPS) is 25.1. The molecule has 1 fully saturated rings. The number of carbonyl (C=O) groups excluding carboxylic acids is 1. The second kappa shape index (κ2) is 3.05. The summed E-state index contributed by atoms with van der Waals surface area (Å²) in [4.78, 5) is 15.8. The van der Waals surface area contributed by atoms with E-state index in [1.54, 1.807) is 0 Å². The Morgan fingerprint density at radius 1 is 0.889 bits per heavy atom. The number of fused-ring (bicyclic) bond motifs is 3. The van der Waals surface area contributed by atoms with Gasteiger partial charge in [-0.3, -0.25) is 0 Å². The minimum absolute atomic E-state index is 0.108. The Balaban J connectivity index is 2.08. The molecule has 3 nitrogen and oxygen atoms in total. The van der Waals surface area contributed by atoms with Crippen molar-refractivity contribution < 1.29 is 4.79 Å². The van der Waals surface area contributed by atoms with E-state index in [4.69, 9.17) is 0 Å². The minimum atomic E-state index is 0.108. The van der Waals surface area contributed by atoms with E-state index in [9.17, 15) is 4.79 Å². The van der Waals surface area contributed by atoms with Crippen LogP contribution in [0, 0.1) is 0 Å². The molecular weight excluding hydrogens is 224 g/mol. The Morgan fingerprint density at radius 2 is 1.39 bits per heavy atom. The molecule has 0 aromatic heterocycles. The fraction of sp³-hybridized carbons (Fsp3) is 0.267. The van der Waals surface area contributed by atoms with E-state index in [0.717, 1.165) is 0 Å². The fourth-order valence-electron chi connectivity index (χ4n) is 3.56. The van der Waals surface area contributed by atoms with Gasteiger partial charge in [0.25, 0.3) is 0 Å². The van der Waals surface area contributed by atoms with Gasteiger partial charge in [0.15, 0.2) is 0 Å². The van der Waals surface area contributed by atoms with Crippen LogP contribution in [-0.2, 0) is 0 Å². The quantitative estimate of drug-likeness (QED) is 0.692. The van der Waals surface area contributed by atoms with E-state index < -0.39 is 0 Å². The van der Waals surface area contributed by atoms with Crippen molar-refractivity contribution in [1.29, 1.82) is 0 Å². The molecule has 90 valence electrons. The predicted molar refractivity (Wildman–Crippen MR) is 70.4 cm³/mol. The van der Waals surface area contributed by atoms with Crippen LogP contribution in [0.15, 0.2) is 36.4 Å². The van der Waals surface area contributed by atoms with Crippen LogP contribution in [-0.4, -0.2) is 29.9 Å². The maximum absolute atomic E-state index is 12.1. The third-order valence-electron chi connectivity index (χ3n) is 4.34. The third kappa shape index (κ3) is 0.941. The first-order valence-corrected chi connectivity index (χ1v) is 6.21. The summed E-state index contributed by atoms with van der Waals surface area (Å²) in [6.07, 6.45) is 0. The predicted octanol–water partition coefficient (Wildman–Crippen LogP) is 2.93. The number of hydrogen-bond acceptors (Lipinski definition) is 1. The van der Waals surface area contributed by atoms with Crippen LogP contribution < -0.4 is 0 Å². The Bertz CT molecular complexity index is 626. The van der Waals surface area contributed by atoms with Gasteiger partial charge in [-0.05, 0) is 21.9 Å². The molecule has 1 aliphatic carbocycles. The first-order valence-electron chi connectivity index (χ1n) is 6.21. The summed E-state index contributed by atoms with van der Waals surface area (Å²) >= 11 is 0. The van der Waals surface area contributed by atoms with Crippen LogP contribution in [0.5, 0.6) is 0 Å². The van der Waals surface area contributed by atoms with Gasteiger partial charge in [0.1, 0.15) is 0 Å². The number of likely N-dealkylation sites (N-methyl/N-ethyl adjacent to an activating group) is 2. The van der Waals surface area contributed by atoms with Crippen molar-refractivity contribution in [3.63, 3.8) is 0 Å². The van der Waals surface area contributed by atoms with Crippen molar-refractivity contribution in [3.05, 3.63) is 47.5 Å². The molecule has 1 aliphatic heterocycles. The zero-order chi connectivity index (χ0) is 12.4. The van der Waals surface area contributed by atoms with Crippen molar-refractivity contribution in [2.24, 2.45) is 0 Å². The molecule has 0 N–H and O–H groups in total. The molecule has 4 rings (SSSR count). The third-order valence-corrected chi connectivity index (χ3v) is 4.34. The monoisotopic (exact) mass is 238 g/mol. The highest BCUT2D eigenvalue weighted by atomic mass is 16.2. The summed E-state index contributed by atoms with van der Waals surface area (Å²) in [7, 11) is 3.79. The maximum Gasteiger partial charge on any atom is 0.320 e. The van der Waals surface area contributed by atoms with E-state index >= 15 is 0 Å². The lowest BCUT2D eigenvalue weighted by atomic mass is 10.0. The lowest BCUT2D eigenvalue weighted by molar-refractivity contribution is 0.199. The van der Waals surface area contributed by atoms with Gasteiger partial charge in [-0.15, -0.1) is 0 Å². The summed E-state index contributed by atoms with van der Waals surface area (Å²) in [6, 6.07) is 13.2. The molecule has 3 heteroatoms. The van der Waals surface area contributed by atoms with Gasteiger partial charge in [-0.25, -0.2) is 4.79 Å².